The first-order valence-corrected chi connectivity index (χ1v) is 28.1. The van der Waals surface area contributed by atoms with E-state index in [2.05, 4.69) is 68.1 Å². The highest BCUT2D eigenvalue weighted by Gasteiger charge is 2.28. The minimum atomic E-state index is -0.873. The average molecular weight is 1060 g/mol. The van der Waals surface area contributed by atoms with Gasteiger partial charge in [-0.3, -0.25) is 19.4 Å². The average Bonchev–Trinajstić information content (AvgIpc) is 4.14. The second-order valence-electron chi connectivity index (χ2n) is 20.3. The summed E-state index contributed by atoms with van der Waals surface area (Å²) in [6.07, 6.45) is 3.14. The van der Waals surface area contributed by atoms with E-state index in [-0.39, 0.29) is 23.4 Å². The van der Waals surface area contributed by atoms with Gasteiger partial charge in [0.2, 0.25) is 11.8 Å². The Morgan fingerprint density at radius 2 is 0.868 bits per heavy atom. The van der Waals surface area contributed by atoms with Crippen LogP contribution in [0.3, 0.4) is 0 Å². The number of nitrogens with zero attached hydrogens (tertiary/aromatic N) is 6. The zero-order valence-corrected chi connectivity index (χ0v) is 43.9. The summed E-state index contributed by atoms with van der Waals surface area (Å²) in [5.41, 5.74) is 10.3. The minimum Gasteiger partial charge on any atom is -0.395 e. The van der Waals surface area contributed by atoms with Crippen LogP contribution < -0.4 is 29.1 Å². The smallest absolute Gasteiger partial charge is 0.395 e. The topological polar surface area (TPSA) is 89.1 Å². The van der Waals surface area contributed by atoms with E-state index >= 15 is 0 Å². The van der Waals surface area contributed by atoms with Crippen LogP contribution in [-0.4, -0.2) is 93.2 Å². The quantitative estimate of drug-likeness (QED) is 0.0780. The summed E-state index contributed by atoms with van der Waals surface area (Å²) >= 11 is 3.14. The summed E-state index contributed by atoms with van der Waals surface area (Å²) in [7, 11) is 0. The van der Waals surface area contributed by atoms with E-state index in [0.717, 1.165) is 143 Å². The summed E-state index contributed by atoms with van der Waals surface area (Å²) in [6, 6.07) is 38.0. The normalized spacial score (nSPS) is 16.4. The molecule has 76 heavy (non-hydrogen) atoms. The molecular formula is C61H58F2N6O5S2. The van der Waals surface area contributed by atoms with Gasteiger partial charge in [-0.15, -0.1) is 22.7 Å². The molecule has 0 radical (unpaired) electrons. The molecule has 0 N–H and O–H groups in total. The standard InChI is InChI=1S/C61H58F2N6O5S2/c62-47-35-55(51-19-31-75-57(51)37-47)66-27-23-64(24-28-66)21-17-41-1-7-45-9-15-59(70)68(53(45)33-41)39-43-3-11-49(12-4-43)73-61(72)74-50-13-5-44(6-14-50)40-69-54-34-42(2-8-46(54)10-16-60(69)71)18-22-65-25-29-67(30-26-65)56-36-48(63)38-58-52(56)20-32-76-58/h1-8,11-14,19-20,31-38H,9-10,15-18,21-30,39-40H2. The maximum atomic E-state index is 14.4. The largest absolute Gasteiger partial charge is 0.519 e. The lowest BCUT2D eigenvalue weighted by Gasteiger charge is -2.36. The molecule has 0 unspecified atom stereocenters. The van der Waals surface area contributed by atoms with Crippen LogP contribution in [0.1, 0.15) is 46.2 Å². The van der Waals surface area contributed by atoms with Crippen molar-refractivity contribution in [2.24, 2.45) is 0 Å². The first kappa shape index (κ1) is 49.7. The number of amides is 2. The highest BCUT2D eigenvalue weighted by Crippen LogP contribution is 2.36. The number of halogens is 2. The van der Waals surface area contributed by atoms with Crippen LogP contribution in [0.4, 0.5) is 36.3 Å². The van der Waals surface area contributed by atoms with E-state index in [1.807, 2.05) is 44.8 Å². The number of rotatable bonds is 14. The Hall–Kier alpha value is -7.17. The van der Waals surface area contributed by atoms with E-state index in [0.29, 0.717) is 50.3 Å². The molecule has 6 heterocycles. The van der Waals surface area contributed by atoms with Gasteiger partial charge in [-0.2, -0.15) is 0 Å². The Balaban J connectivity index is 0.609. The zero-order chi connectivity index (χ0) is 51.7. The van der Waals surface area contributed by atoms with Crippen molar-refractivity contribution in [2.75, 3.05) is 85.0 Å². The summed E-state index contributed by atoms with van der Waals surface area (Å²) in [5.74, 6) is 0.405. The van der Waals surface area contributed by atoms with Gasteiger partial charge >= 0.3 is 6.16 Å². The highest BCUT2D eigenvalue weighted by atomic mass is 32.1. The number of carbonyl (C=O) groups excluding carboxylic acids is 3. The lowest BCUT2D eigenvalue weighted by atomic mass is 9.97. The molecule has 0 saturated carbocycles. The molecule has 15 heteroatoms. The van der Waals surface area contributed by atoms with Crippen LogP contribution in [0.2, 0.25) is 0 Å². The van der Waals surface area contributed by atoms with Crippen molar-refractivity contribution in [2.45, 2.75) is 51.6 Å². The highest BCUT2D eigenvalue weighted by molar-refractivity contribution is 7.17. The molecule has 11 nitrogen and oxygen atoms in total. The minimum absolute atomic E-state index is 0.0757. The molecule has 0 spiro atoms. The molecule has 6 aromatic carbocycles. The van der Waals surface area contributed by atoms with E-state index in [1.54, 1.807) is 71.2 Å². The van der Waals surface area contributed by atoms with Crippen LogP contribution in [-0.2, 0) is 48.4 Å². The molecule has 0 bridgehead atoms. The van der Waals surface area contributed by atoms with E-state index in [1.165, 1.54) is 11.1 Å². The van der Waals surface area contributed by atoms with Gasteiger partial charge in [0, 0.05) is 121 Å². The van der Waals surface area contributed by atoms with Gasteiger partial charge in [0.05, 0.1) is 13.1 Å². The number of anilines is 4. The van der Waals surface area contributed by atoms with Crippen molar-refractivity contribution in [1.29, 1.82) is 0 Å². The molecule has 388 valence electrons. The lowest BCUT2D eigenvalue weighted by molar-refractivity contribution is -0.119. The predicted molar refractivity (Wildman–Crippen MR) is 300 cm³/mol. The summed E-state index contributed by atoms with van der Waals surface area (Å²) < 4.78 is 41.9. The molecule has 4 aliphatic heterocycles. The summed E-state index contributed by atoms with van der Waals surface area (Å²) in [4.78, 5) is 53.0. The molecule has 2 fully saturated rings. The fraction of sp³-hybridized carbons (Fsp3) is 0.295. The molecule has 2 aromatic heterocycles. The molecule has 0 aliphatic carbocycles. The van der Waals surface area contributed by atoms with E-state index < -0.39 is 6.16 Å². The van der Waals surface area contributed by atoms with E-state index in [9.17, 15) is 23.2 Å². The number of aryl methyl sites for hydroxylation is 2. The third-order valence-corrected chi connectivity index (χ3v) is 17.2. The molecule has 2 amide bonds. The number of hydrogen-bond donors (Lipinski definition) is 0. The van der Waals surface area contributed by atoms with Gasteiger partial charge < -0.3 is 29.1 Å². The van der Waals surface area contributed by atoms with Gasteiger partial charge in [0.15, 0.2) is 0 Å². The molecule has 0 atom stereocenters. The maximum Gasteiger partial charge on any atom is 0.519 e. The number of ether oxygens (including phenoxy) is 2. The van der Waals surface area contributed by atoms with Crippen LogP contribution >= 0.6 is 22.7 Å². The number of piperazine rings is 2. The van der Waals surface area contributed by atoms with Gasteiger partial charge in [-0.1, -0.05) is 48.5 Å². The Morgan fingerprint density at radius 3 is 1.29 bits per heavy atom. The Labute approximate surface area is 449 Å². The van der Waals surface area contributed by atoms with Gasteiger partial charge in [-0.05, 0) is 143 Å². The fourth-order valence-electron chi connectivity index (χ4n) is 11.3. The van der Waals surface area contributed by atoms with Crippen LogP contribution in [0, 0.1) is 11.6 Å². The SMILES string of the molecule is O=C(Oc1ccc(CN2C(=O)CCc3ccc(CCN4CCN(c5cc(F)cc6sccc56)CC4)cc32)cc1)Oc1ccc(CN2C(=O)CCc3ccc(CCN4CCN(c5cc(F)cc6sccc56)CC4)cc32)cc1. The van der Waals surface area contributed by atoms with E-state index in [4.69, 9.17) is 9.47 Å². The molecule has 4 aliphatic rings. The fourth-order valence-corrected chi connectivity index (χ4v) is 13.0. The molecular weight excluding hydrogens is 999 g/mol. The van der Waals surface area contributed by atoms with Crippen molar-refractivity contribution < 1.29 is 32.6 Å². The van der Waals surface area contributed by atoms with Gasteiger partial charge in [0.1, 0.15) is 23.1 Å². The third-order valence-electron chi connectivity index (χ3n) is 15.5. The number of carbonyl (C=O) groups is 3. The Bertz CT molecular complexity index is 3210. The first-order chi connectivity index (χ1) is 37.1. The zero-order valence-electron chi connectivity index (χ0n) is 42.2. The Kier molecular flexibility index (Phi) is 14.3. The first-order valence-electron chi connectivity index (χ1n) is 26.3. The molecule has 2 saturated heterocycles. The van der Waals surface area contributed by atoms with Crippen molar-refractivity contribution >= 4 is 83.6 Å². The van der Waals surface area contributed by atoms with Crippen LogP contribution in [0.25, 0.3) is 20.2 Å². The summed E-state index contributed by atoms with van der Waals surface area (Å²) in [5, 5.41) is 6.27. The van der Waals surface area contributed by atoms with Crippen LogP contribution in [0.15, 0.2) is 132 Å². The third kappa shape index (κ3) is 10.9. The second kappa shape index (κ2) is 21.8. The molecule has 12 rings (SSSR count). The van der Waals surface area contributed by atoms with Crippen molar-refractivity contribution in [3.8, 4) is 11.5 Å². The Morgan fingerprint density at radius 1 is 0.461 bits per heavy atom. The lowest BCUT2D eigenvalue weighted by Crippen LogP contribution is -2.47. The number of thiophene rings is 2. The predicted octanol–water partition coefficient (Wildman–Crippen LogP) is 11.7. The summed E-state index contributed by atoms with van der Waals surface area (Å²) in [6.45, 7) is 9.51. The van der Waals surface area contributed by atoms with Crippen molar-refractivity contribution in [1.82, 2.24) is 9.80 Å². The number of hydrogen-bond acceptors (Lipinski definition) is 11. The number of benzene rings is 6. The van der Waals surface area contributed by atoms with Crippen molar-refractivity contribution in [3.63, 3.8) is 0 Å². The monoisotopic (exact) mass is 1060 g/mol. The number of fused-ring (bicyclic) bond motifs is 4. The van der Waals surface area contributed by atoms with Crippen LogP contribution in [0.5, 0.6) is 11.5 Å². The second-order valence-corrected chi connectivity index (χ2v) is 22.2. The van der Waals surface area contributed by atoms with Gasteiger partial charge in [-0.25, -0.2) is 13.6 Å². The maximum absolute atomic E-state index is 14.4. The molecule has 8 aromatic rings. The van der Waals surface area contributed by atoms with Crippen molar-refractivity contribution in [3.05, 3.63) is 177 Å². The van der Waals surface area contributed by atoms with Gasteiger partial charge in [0.25, 0.3) is 0 Å².